The van der Waals surface area contributed by atoms with E-state index >= 15 is 0 Å². The molecule has 0 bridgehead atoms. The molecule has 0 fully saturated rings. The molecule has 0 saturated carbocycles. The quantitative estimate of drug-likeness (QED) is 0.807. The molecule has 7 heteroatoms. The SMILES string of the molecule is COc1ccccc1NC1=C(Cl)C(=O)OC1OC(=O)c1ccccc1C. The molecule has 0 spiro atoms. The van der Waals surface area contributed by atoms with Crippen molar-refractivity contribution in [2.45, 2.75) is 13.2 Å². The average Bonchev–Trinajstić information content (AvgIpc) is 2.90. The van der Waals surface area contributed by atoms with Crippen LogP contribution in [0.4, 0.5) is 5.69 Å². The largest absolute Gasteiger partial charge is 0.495 e. The summed E-state index contributed by atoms with van der Waals surface area (Å²) in [6.45, 7) is 1.79. The van der Waals surface area contributed by atoms with Gasteiger partial charge in [-0.2, -0.15) is 0 Å². The molecule has 1 heterocycles. The fraction of sp³-hybridized carbons (Fsp3) is 0.158. The topological polar surface area (TPSA) is 73.9 Å². The summed E-state index contributed by atoms with van der Waals surface area (Å²) in [6.07, 6.45) is -1.27. The predicted molar refractivity (Wildman–Crippen MR) is 96.0 cm³/mol. The summed E-state index contributed by atoms with van der Waals surface area (Å²) >= 11 is 6.04. The number of aryl methyl sites for hydroxylation is 1. The lowest BCUT2D eigenvalue weighted by molar-refractivity contribution is -0.152. The van der Waals surface area contributed by atoms with E-state index in [9.17, 15) is 9.59 Å². The summed E-state index contributed by atoms with van der Waals surface area (Å²) in [5.74, 6) is -0.856. The molecular formula is C19H16ClNO5. The Morgan fingerprint density at radius 2 is 1.85 bits per heavy atom. The maximum absolute atomic E-state index is 12.4. The first kappa shape index (κ1) is 17.8. The first-order valence-corrected chi connectivity index (χ1v) is 8.16. The first-order valence-electron chi connectivity index (χ1n) is 7.78. The second kappa shape index (κ2) is 7.49. The van der Waals surface area contributed by atoms with Gasteiger partial charge in [0.1, 0.15) is 11.4 Å². The van der Waals surface area contributed by atoms with E-state index in [-0.39, 0.29) is 10.7 Å². The highest BCUT2D eigenvalue weighted by atomic mass is 35.5. The maximum atomic E-state index is 12.4. The molecule has 3 rings (SSSR count). The molecule has 0 radical (unpaired) electrons. The van der Waals surface area contributed by atoms with Crippen molar-refractivity contribution in [3.05, 3.63) is 70.4 Å². The van der Waals surface area contributed by atoms with Gasteiger partial charge in [0.25, 0.3) is 6.29 Å². The maximum Gasteiger partial charge on any atom is 0.355 e. The molecule has 1 unspecified atom stereocenters. The number of halogens is 1. The number of methoxy groups -OCH3 is 1. The molecule has 0 aromatic heterocycles. The zero-order valence-electron chi connectivity index (χ0n) is 14.1. The highest BCUT2D eigenvalue weighted by molar-refractivity contribution is 6.42. The van der Waals surface area contributed by atoms with E-state index in [4.69, 9.17) is 25.8 Å². The Balaban J connectivity index is 1.84. The lowest BCUT2D eigenvalue weighted by Crippen LogP contribution is -2.24. The van der Waals surface area contributed by atoms with Gasteiger partial charge in [-0.3, -0.25) is 0 Å². The molecule has 0 saturated heterocycles. The second-order valence-corrected chi connectivity index (χ2v) is 5.89. The standard InChI is InChI=1S/C19H16ClNO5/c1-11-7-3-4-8-12(11)17(22)25-19-16(15(20)18(23)26-19)21-13-9-5-6-10-14(13)24-2/h3-10,19,21H,1-2H3. The van der Waals surface area contributed by atoms with Gasteiger partial charge in [-0.1, -0.05) is 41.9 Å². The fourth-order valence-electron chi connectivity index (χ4n) is 2.47. The molecule has 1 aliphatic heterocycles. The van der Waals surface area contributed by atoms with Crippen molar-refractivity contribution in [1.82, 2.24) is 0 Å². The number of hydrogen-bond donors (Lipinski definition) is 1. The van der Waals surface area contributed by atoms with Crippen LogP contribution in [0.2, 0.25) is 0 Å². The molecular weight excluding hydrogens is 358 g/mol. The van der Waals surface area contributed by atoms with Crippen LogP contribution in [0.1, 0.15) is 15.9 Å². The van der Waals surface area contributed by atoms with E-state index in [1.54, 1.807) is 49.4 Å². The Hall–Kier alpha value is -2.99. The minimum atomic E-state index is -1.27. The van der Waals surface area contributed by atoms with Gasteiger partial charge in [-0.05, 0) is 30.7 Å². The fourth-order valence-corrected chi connectivity index (χ4v) is 2.65. The van der Waals surface area contributed by atoms with E-state index < -0.39 is 18.2 Å². The Kier molecular flexibility index (Phi) is 5.14. The highest BCUT2D eigenvalue weighted by Crippen LogP contribution is 2.32. The average molecular weight is 374 g/mol. The van der Waals surface area contributed by atoms with Gasteiger partial charge in [-0.15, -0.1) is 0 Å². The number of para-hydroxylation sites is 2. The molecule has 1 N–H and O–H groups in total. The third-order valence-corrected chi connectivity index (χ3v) is 4.18. The lowest BCUT2D eigenvalue weighted by atomic mass is 10.1. The molecule has 0 amide bonds. The summed E-state index contributed by atoms with van der Waals surface area (Å²) in [6, 6.07) is 14.0. The van der Waals surface area contributed by atoms with E-state index in [1.807, 2.05) is 6.07 Å². The summed E-state index contributed by atoms with van der Waals surface area (Å²) < 4.78 is 15.7. The van der Waals surface area contributed by atoms with Crippen molar-refractivity contribution in [2.24, 2.45) is 0 Å². The van der Waals surface area contributed by atoms with Crippen molar-refractivity contribution < 1.29 is 23.8 Å². The summed E-state index contributed by atoms with van der Waals surface area (Å²) in [4.78, 5) is 24.3. The van der Waals surface area contributed by atoms with Crippen molar-refractivity contribution in [1.29, 1.82) is 0 Å². The van der Waals surface area contributed by atoms with Crippen molar-refractivity contribution in [2.75, 3.05) is 12.4 Å². The number of nitrogens with one attached hydrogen (secondary N) is 1. The minimum Gasteiger partial charge on any atom is -0.495 e. The normalized spacial score (nSPS) is 16.3. The predicted octanol–water partition coefficient (Wildman–Crippen LogP) is 3.61. The van der Waals surface area contributed by atoms with E-state index in [1.165, 1.54) is 7.11 Å². The zero-order valence-corrected chi connectivity index (χ0v) is 14.9. The number of hydrogen-bond acceptors (Lipinski definition) is 6. The summed E-state index contributed by atoms with van der Waals surface area (Å²) in [5, 5.41) is 2.78. The summed E-state index contributed by atoms with van der Waals surface area (Å²) in [7, 11) is 1.52. The van der Waals surface area contributed by atoms with Gasteiger partial charge in [0.05, 0.1) is 18.4 Å². The lowest BCUT2D eigenvalue weighted by Gasteiger charge is -2.18. The third-order valence-electron chi connectivity index (χ3n) is 3.82. The highest BCUT2D eigenvalue weighted by Gasteiger charge is 2.37. The van der Waals surface area contributed by atoms with Crippen LogP contribution in [0, 0.1) is 6.92 Å². The zero-order chi connectivity index (χ0) is 18.7. The van der Waals surface area contributed by atoms with E-state index in [0.29, 0.717) is 17.0 Å². The molecule has 1 aliphatic rings. The number of benzene rings is 2. The molecule has 134 valence electrons. The number of ether oxygens (including phenoxy) is 3. The number of carbonyl (C=O) groups is 2. The molecule has 6 nitrogen and oxygen atoms in total. The first-order chi connectivity index (χ1) is 12.5. The molecule has 2 aromatic carbocycles. The monoisotopic (exact) mass is 373 g/mol. The molecule has 2 aromatic rings. The van der Waals surface area contributed by atoms with E-state index in [0.717, 1.165) is 5.56 Å². The van der Waals surface area contributed by atoms with Crippen LogP contribution in [0.5, 0.6) is 5.75 Å². The van der Waals surface area contributed by atoms with Crippen molar-refractivity contribution >= 4 is 29.2 Å². The van der Waals surface area contributed by atoms with Crippen LogP contribution in [-0.4, -0.2) is 25.3 Å². The van der Waals surface area contributed by atoms with Gasteiger partial charge >= 0.3 is 11.9 Å². The van der Waals surface area contributed by atoms with E-state index in [2.05, 4.69) is 5.32 Å². The van der Waals surface area contributed by atoms with Crippen LogP contribution in [0.3, 0.4) is 0 Å². The van der Waals surface area contributed by atoms with Gasteiger partial charge in [0.15, 0.2) is 5.03 Å². The molecule has 0 aliphatic carbocycles. The van der Waals surface area contributed by atoms with Crippen molar-refractivity contribution in [3.63, 3.8) is 0 Å². The molecule has 1 atom stereocenters. The Labute approximate surface area is 155 Å². The van der Waals surface area contributed by atoms with Gasteiger partial charge in [0.2, 0.25) is 0 Å². The summed E-state index contributed by atoms with van der Waals surface area (Å²) in [5.41, 5.74) is 1.82. The van der Waals surface area contributed by atoms with Gasteiger partial charge in [-0.25, -0.2) is 9.59 Å². The number of esters is 2. The van der Waals surface area contributed by atoms with Crippen LogP contribution in [0.15, 0.2) is 59.3 Å². The number of anilines is 1. The van der Waals surface area contributed by atoms with Crippen LogP contribution in [0.25, 0.3) is 0 Å². The Morgan fingerprint density at radius 3 is 2.58 bits per heavy atom. The van der Waals surface area contributed by atoms with Gasteiger partial charge in [0, 0.05) is 0 Å². The van der Waals surface area contributed by atoms with Crippen molar-refractivity contribution in [3.8, 4) is 5.75 Å². The van der Waals surface area contributed by atoms with Crippen LogP contribution >= 0.6 is 11.6 Å². The van der Waals surface area contributed by atoms with Gasteiger partial charge < -0.3 is 19.5 Å². The molecule has 26 heavy (non-hydrogen) atoms. The Morgan fingerprint density at radius 1 is 1.15 bits per heavy atom. The number of carbonyl (C=O) groups excluding carboxylic acids is 2. The number of rotatable bonds is 5. The minimum absolute atomic E-state index is 0.142. The third kappa shape index (κ3) is 3.50. The van der Waals surface area contributed by atoms with Crippen LogP contribution in [-0.2, 0) is 14.3 Å². The smallest absolute Gasteiger partial charge is 0.355 e. The van der Waals surface area contributed by atoms with Crippen LogP contribution < -0.4 is 10.1 Å². The Bertz CT molecular complexity index is 893. The number of cyclic esters (lactones) is 1. The second-order valence-electron chi connectivity index (χ2n) is 5.51.